The third-order valence-electron chi connectivity index (χ3n) is 13.0. The van der Waals surface area contributed by atoms with Crippen molar-refractivity contribution in [1.82, 2.24) is 0 Å². The molecule has 12 nitrogen and oxygen atoms in total. The summed E-state index contributed by atoms with van der Waals surface area (Å²) in [6.45, 7) is 5.74. The van der Waals surface area contributed by atoms with Gasteiger partial charge in [0, 0.05) is 19.3 Å². The van der Waals surface area contributed by atoms with Gasteiger partial charge in [0.2, 0.25) is 0 Å². The summed E-state index contributed by atoms with van der Waals surface area (Å²) < 4.78 is 28.4. The molecule has 1 heterocycles. The standard InChI is InChI=1S/C63H104O12/c1-4-7-10-13-16-19-22-24-26-28-30-32-35-37-40-43-46-49-55(64)71-52-54(73-56(65)50-47-44-41-38-34-21-18-15-12-9-6-3)53-72-63-61(59(68)58(67)60(75-63)62(69)70)74-57(66)51-48-45-42-39-36-33-31-29-27-25-23-20-17-14-11-8-5-2/h7-8,10-11,16-17,19-20,24-27,31,33,54,58-61,63,67-68H,4-6,9,12-15,18,21-23,28-30,32,34-53H2,1-3H3,(H,69,70)/b10-7-,11-8-,19-16-,20-17-,26-24-,27-25-,33-31-. The summed E-state index contributed by atoms with van der Waals surface area (Å²) >= 11 is 0. The molecule has 0 aliphatic carbocycles. The number of rotatable bonds is 49. The molecule has 3 N–H and O–H groups in total. The Balaban J connectivity index is 2.69. The van der Waals surface area contributed by atoms with Gasteiger partial charge in [-0.05, 0) is 89.9 Å². The number of ether oxygens (including phenoxy) is 5. The van der Waals surface area contributed by atoms with Crippen LogP contribution in [0.4, 0.5) is 0 Å². The Bertz CT molecular complexity index is 1630. The maximum atomic E-state index is 13.1. The van der Waals surface area contributed by atoms with Gasteiger partial charge in [-0.1, -0.05) is 215 Å². The number of carboxylic acids is 1. The van der Waals surface area contributed by atoms with Crippen molar-refractivity contribution in [3.63, 3.8) is 0 Å². The van der Waals surface area contributed by atoms with Crippen molar-refractivity contribution in [2.24, 2.45) is 0 Å². The first-order valence-electron chi connectivity index (χ1n) is 29.6. The lowest BCUT2D eigenvalue weighted by atomic mass is 9.98. The lowest BCUT2D eigenvalue weighted by molar-refractivity contribution is -0.301. The molecule has 0 aromatic rings. The van der Waals surface area contributed by atoms with Crippen LogP contribution in [0.25, 0.3) is 0 Å². The first-order valence-corrected chi connectivity index (χ1v) is 29.6. The lowest BCUT2D eigenvalue weighted by Crippen LogP contribution is -2.61. The van der Waals surface area contributed by atoms with Crippen LogP contribution in [-0.2, 0) is 42.9 Å². The van der Waals surface area contributed by atoms with Gasteiger partial charge < -0.3 is 39.0 Å². The van der Waals surface area contributed by atoms with E-state index >= 15 is 0 Å². The number of esters is 3. The highest BCUT2D eigenvalue weighted by Crippen LogP contribution is 2.26. The monoisotopic (exact) mass is 1050 g/mol. The van der Waals surface area contributed by atoms with Gasteiger partial charge in [0.1, 0.15) is 18.8 Å². The number of carboxylic acid groups (broad SMARTS) is 1. The minimum atomic E-state index is -1.91. The molecular formula is C63H104O12. The van der Waals surface area contributed by atoms with Crippen LogP contribution in [-0.4, -0.2) is 89.2 Å². The maximum absolute atomic E-state index is 13.1. The van der Waals surface area contributed by atoms with E-state index in [4.69, 9.17) is 23.7 Å². The second kappa shape index (κ2) is 50.7. The van der Waals surface area contributed by atoms with Crippen molar-refractivity contribution in [2.75, 3.05) is 13.2 Å². The van der Waals surface area contributed by atoms with E-state index in [-0.39, 0.29) is 25.9 Å². The molecule has 428 valence electrons. The van der Waals surface area contributed by atoms with Gasteiger partial charge in [0.15, 0.2) is 24.6 Å². The second-order valence-electron chi connectivity index (χ2n) is 19.9. The minimum absolute atomic E-state index is 0.0296. The van der Waals surface area contributed by atoms with E-state index in [0.717, 1.165) is 128 Å². The Morgan fingerprint density at radius 2 is 0.840 bits per heavy atom. The Kier molecular flexibility index (Phi) is 46.6. The SMILES string of the molecule is CC/C=C\C/C=C\C/C=C\C/C=C\CCCCCCC(=O)OC1C(OCC(COC(=O)CCCCCCCCC/C=C\C/C=C\C/C=C\CC)OC(=O)CCCCCCCCCCCCC)OC(C(=O)O)C(O)C1O. The van der Waals surface area contributed by atoms with Crippen molar-refractivity contribution >= 4 is 23.9 Å². The molecular weight excluding hydrogens is 949 g/mol. The molecule has 0 radical (unpaired) electrons. The van der Waals surface area contributed by atoms with Crippen molar-refractivity contribution in [3.05, 3.63) is 85.1 Å². The molecule has 1 fully saturated rings. The fourth-order valence-electron chi connectivity index (χ4n) is 8.49. The number of hydrogen-bond donors (Lipinski definition) is 3. The molecule has 0 spiro atoms. The molecule has 12 heteroatoms. The summed E-state index contributed by atoms with van der Waals surface area (Å²) in [6, 6.07) is 0. The molecule has 1 aliphatic heterocycles. The van der Waals surface area contributed by atoms with E-state index in [2.05, 4.69) is 106 Å². The zero-order valence-corrected chi connectivity index (χ0v) is 47.0. The van der Waals surface area contributed by atoms with Crippen LogP contribution in [0.2, 0.25) is 0 Å². The minimum Gasteiger partial charge on any atom is -0.479 e. The third kappa shape index (κ3) is 40.8. The first kappa shape index (κ1) is 68.9. The predicted molar refractivity (Wildman–Crippen MR) is 303 cm³/mol. The molecule has 6 unspecified atom stereocenters. The fourth-order valence-corrected chi connectivity index (χ4v) is 8.49. The molecule has 0 bridgehead atoms. The average Bonchev–Trinajstić information content (AvgIpc) is 3.39. The second-order valence-corrected chi connectivity index (χ2v) is 19.9. The molecule has 0 aromatic carbocycles. The summed E-state index contributed by atoms with van der Waals surface area (Å²) in [5.41, 5.74) is 0. The molecule has 0 amide bonds. The highest BCUT2D eigenvalue weighted by molar-refractivity contribution is 5.74. The molecule has 0 aromatic heterocycles. The lowest BCUT2D eigenvalue weighted by Gasteiger charge is -2.40. The highest BCUT2D eigenvalue weighted by Gasteiger charge is 2.50. The van der Waals surface area contributed by atoms with Crippen LogP contribution in [0.1, 0.15) is 239 Å². The summed E-state index contributed by atoms with van der Waals surface area (Å²) in [6.07, 6.45) is 52.6. The van der Waals surface area contributed by atoms with E-state index in [1.807, 2.05) is 0 Å². The van der Waals surface area contributed by atoms with Gasteiger partial charge in [-0.25, -0.2) is 4.79 Å². The zero-order chi connectivity index (χ0) is 54.7. The van der Waals surface area contributed by atoms with E-state index in [9.17, 15) is 34.5 Å². The molecule has 1 aliphatic rings. The van der Waals surface area contributed by atoms with E-state index in [0.29, 0.717) is 19.3 Å². The van der Waals surface area contributed by atoms with Crippen molar-refractivity contribution < 1.29 is 58.2 Å². The Labute approximate surface area is 454 Å². The number of carbonyl (C=O) groups is 4. The highest BCUT2D eigenvalue weighted by atomic mass is 16.7. The van der Waals surface area contributed by atoms with Crippen LogP contribution >= 0.6 is 0 Å². The smallest absolute Gasteiger partial charge is 0.335 e. The number of allylic oxidation sites excluding steroid dienone is 14. The van der Waals surface area contributed by atoms with E-state index < -0.39 is 67.3 Å². The molecule has 1 rings (SSSR count). The molecule has 0 saturated carbocycles. The van der Waals surface area contributed by atoms with Crippen LogP contribution in [0.3, 0.4) is 0 Å². The van der Waals surface area contributed by atoms with Gasteiger partial charge in [-0.15, -0.1) is 0 Å². The third-order valence-corrected chi connectivity index (χ3v) is 13.0. The number of unbranched alkanes of at least 4 members (excludes halogenated alkanes) is 21. The summed E-state index contributed by atoms with van der Waals surface area (Å²) in [5, 5.41) is 31.5. The summed E-state index contributed by atoms with van der Waals surface area (Å²) in [7, 11) is 0. The zero-order valence-electron chi connectivity index (χ0n) is 47.0. The normalized spacial score (nSPS) is 18.8. The first-order chi connectivity index (χ1) is 36.6. The molecule has 75 heavy (non-hydrogen) atoms. The number of aliphatic carboxylic acids is 1. The fraction of sp³-hybridized carbons (Fsp3) is 0.714. The van der Waals surface area contributed by atoms with E-state index in [1.165, 1.54) is 51.4 Å². The number of carbonyl (C=O) groups excluding carboxylic acids is 3. The van der Waals surface area contributed by atoms with Crippen LogP contribution in [0.5, 0.6) is 0 Å². The summed E-state index contributed by atoms with van der Waals surface area (Å²) in [5.74, 6) is -3.16. The van der Waals surface area contributed by atoms with Crippen molar-refractivity contribution in [3.8, 4) is 0 Å². The van der Waals surface area contributed by atoms with Gasteiger partial charge >= 0.3 is 23.9 Å². The Morgan fingerprint density at radius 1 is 0.453 bits per heavy atom. The van der Waals surface area contributed by atoms with Gasteiger partial charge in [0.05, 0.1) is 6.61 Å². The van der Waals surface area contributed by atoms with Crippen LogP contribution < -0.4 is 0 Å². The molecule has 1 saturated heterocycles. The van der Waals surface area contributed by atoms with Crippen molar-refractivity contribution in [2.45, 2.75) is 276 Å². The average molecular weight is 1050 g/mol. The topological polar surface area (TPSA) is 175 Å². The number of aliphatic hydroxyl groups excluding tert-OH is 2. The van der Waals surface area contributed by atoms with Crippen molar-refractivity contribution in [1.29, 1.82) is 0 Å². The van der Waals surface area contributed by atoms with Gasteiger partial charge in [-0.3, -0.25) is 14.4 Å². The molecule has 6 atom stereocenters. The number of hydrogen-bond acceptors (Lipinski definition) is 11. The Morgan fingerprint density at radius 3 is 1.28 bits per heavy atom. The quantitative estimate of drug-likeness (QED) is 0.0228. The van der Waals surface area contributed by atoms with Gasteiger partial charge in [0.25, 0.3) is 0 Å². The number of aliphatic hydroxyl groups is 2. The predicted octanol–water partition coefficient (Wildman–Crippen LogP) is 15.1. The van der Waals surface area contributed by atoms with E-state index in [1.54, 1.807) is 0 Å². The van der Waals surface area contributed by atoms with Gasteiger partial charge in [-0.2, -0.15) is 0 Å². The summed E-state index contributed by atoms with van der Waals surface area (Å²) in [4.78, 5) is 51.1. The largest absolute Gasteiger partial charge is 0.479 e. The Hall–Kier alpha value is -4.10. The van der Waals surface area contributed by atoms with Crippen LogP contribution in [0, 0.1) is 0 Å². The maximum Gasteiger partial charge on any atom is 0.335 e. The van der Waals surface area contributed by atoms with Crippen LogP contribution in [0.15, 0.2) is 85.1 Å².